The molecule has 0 atom stereocenters. The zero-order chi connectivity index (χ0) is 20.4. The zero-order valence-corrected chi connectivity index (χ0v) is 15.5. The molecule has 1 aliphatic heterocycles. The van der Waals surface area contributed by atoms with Crippen LogP contribution in [0.2, 0.25) is 0 Å². The lowest BCUT2D eigenvalue weighted by molar-refractivity contribution is 0.0642. The fourth-order valence-electron chi connectivity index (χ4n) is 3.33. The van der Waals surface area contributed by atoms with Gasteiger partial charge in [-0.15, -0.1) is 0 Å². The lowest BCUT2D eigenvalue weighted by Crippen LogP contribution is -2.29. The number of anilines is 1. The highest BCUT2D eigenvalue weighted by atomic mass is 16.3. The number of carbonyl (C=O) groups excluding carboxylic acids is 3. The van der Waals surface area contributed by atoms with Crippen LogP contribution in [-0.4, -0.2) is 27.7 Å². The van der Waals surface area contributed by atoms with Crippen LogP contribution in [-0.2, 0) is 13.2 Å². The van der Waals surface area contributed by atoms with Crippen LogP contribution in [0.15, 0.2) is 72.8 Å². The summed E-state index contributed by atoms with van der Waals surface area (Å²) in [5, 5.41) is 12.0. The summed E-state index contributed by atoms with van der Waals surface area (Å²) < 4.78 is 0. The minimum Gasteiger partial charge on any atom is -0.392 e. The van der Waals surface area contributed by atoms with E-state index in [4.69, 9.17) is 0 Å². The third-order valence-corrected chi connectivity index (χ3v) is 4.78. The quantitative estimate of drug-likeness (QED) is 0.659. The third-order valence-electron chi connectivity index (χ3n) is 4.78. The average Bonchev–Trinajstić information content (AvgIpc) is 2.99. The van der Waals surface area contributed by atoms with Crippen LogP contribution in [0.1, 0.15) is 42.2 Å². The van der Waals surface area contributed by atoms with Crippen molar-refractivity contribution in [1.82, 2.24) is 4.90 Å². The van der Waals surface area contributed by atoms with Gasteiger partial charge in [-0.2, -0.15) is 0 Å². The number of benzene rings is 3. The fourth-order valence-corrected chi connectivity index (χ4v) is 3.33. The molecule has 29 heavy (non-hydrogen) atoms. The van der Waals surface area contributed by atoms with E-state index in [1.54, 1.807) is 72.8 Å². The lowest BCUT2D eigenvalue weighted by Gasteiger charge is -2.14. The molecule has 0 spiro atoms. The van der Waals surface area contributed by atoms with Gasteiger partial charge in [-0.05, 0) is 47.5 Å². The van der Waals surface area contributed by atoms with Gasteiger partial charge in [-0.25, -0.2) is 0 Å². The van der Waals surface area contributed by atoms with Crippen LogP contribution >= 0.6 is 0 Å². The first-order chi connectivity index (χ1) is 14.1. The van der Waals surface area contributed by atoms with Gasteiger partial charge in [0.25, 0.3) is 17.7 Å². The second-order valence-electron chi connectivity index (χ2n) is 6.76. The van der Waals surface area contributed by atoms with Crippen LogP contribution in [0.3, 0.4) is 0 Å². The number of aliphatic hydroxyl groups is 1. The highest BCUT2D eigenvalue weighted by Gasteiger charge is 2.34. The van der Waals surface area contributed by atoms with Crippen molar-refractivity contribution in [2.75, 3.05) is 5.32 Å². The van der Waals surface area contributed by atoms with E-state index in [0.29, 0.717) is 33.5 Å². The maximum atomic E-state index is 12.6. The Bertz CT molecular complexity index is 1090. The summed E-state index contributed by atoms with van der Waals surface area (Å²) in [4.78, 5) is 38.9. The third kappa shape index (κ3) is 3.66. The Balaban J connectivity index is 1.51. The number of imide groups is 1. The summed E-state index contributed by atoms with van der Waals surface area (Å²) in [6.45, 7) is -0.0209. The minimum absolute atomic E-state index is 0.0907. The van der Waals surface area contributed by atoms with Gasteiger partial charge < -0.3 is 10.4 Å². The normalized spacial score (nSPS) is 12.8. The number of hydrogen-bond donors (Lipinski definition) is 2. The van der Waals surface area contributed by atoms with E-state index in [2.05, 4.69) is 5.32 Å². The van der Waals surface area contributed by atoms with Gasteiger partial charge >= 0.3 is 0 Å². The summed E-state index contributed by atoms with van der Waals surface area (Å²) in [6, 6.07) is 20.5. The average molecular weight is 386 g/mol. The molecule has 0 unspecified atom stereocenters. The number of amides is 3. The molecule has 1 aliphatic rings. The van der Waals surface area contributed by atoms with Crippen LogP contribution in [0.5, 0.6) is 0 Å². The number of aliphatic hydroxyl groups excluding tert-OH is 1. The van der Waals surface area contributed by atoms with Crippen molar-refractivity contribution >= 4 is 23.4 Å². The Labute approximate surface area is 167 Å². The molecule has 3 amide bonds. The first-order valence-corrected chi connectivity index (χ1v) is 9.12. The molecule has 1 heterocycles. The van der Waals surface area contributed by atoms with Crippen molar-refractivity contribution in [1.29, 1.82) is 0 Å². The fraction of sp³-hybridized carbons (Fsp3) is 0.0870. The molecule has 4 rings (SSSR count). The predicted molar refractivity (Wildman–Crippen MR) is 107 cm³/mol. The Morgan fingerprint density at radius 2 is 1.48 bits per heavy atom. The van der Waals surface area contributed by atoms with Crippen LogP contribution in [0.25, 0.3) is 0 Å². The van der Waals surface area contributed by atoms with Gasteiger partial charge in [0.1, 0.15) is 0 Å². The number of nitrogens with one attached hydrogen (secondary N) is 1. The van der Waals surface area contributed by atoms with E-state index in [1.807, 2.05) is 0 Å². The van der Waals surface area contributed by atoms with Crippen LogP contribution < -0.4 is 5.32 Å². The second-order valence-corrected chi connectivity index (χ2v) is 6.76. The highest BCUT2D eigenvalue weighted by molar-refractivity contribution is 6.21. The molecular formula is C23H18N2O4. The summed E-state index contributed by atoms with van der Waals surface area (Å²) in [6.07, 6.45) is 0. The van der Waals surface area contributed by atoms with Crippen molar-refractivity contribution in [3.8, 4) is 0 Å². The number of fused-ring (bicyclic) bond motifs is 1. The Morgan fingerprint density at radius 1 is 0.828 bits per heavy atom. The van der Waals surface area contributed by atoms with Gasteiger partial charge in [0.15, 0.2) is 0 Å². The van der Waals surface area contributed by atoms with Crippen molar-refractivity contribution in [3.05, 3.63) is 101 Å². The molecule has 2 N–H and O–H groups in total. The largest absolute Gasteiger partial charge is 0.392 e. The molecule has 0 fully saturated rings. The summed E-state index contributed by atoms with van der Waals surface area (Å²) in [5.41, 5.74) is 3.16. The molecule has 6 nitrogen and oxygen atoms in total. The van der Waals surface area contributed by atoms with E-state index in [9.17, 15) is 19.5 Å². The molecular weight excluding hydrogens is 368 g/mol. The van der Waals surface area contributed by atoms with Crippen molar-refractivity contribution < 1.29 is 19.5 Å². The summed E-state index contributed by atoms with van der Waals surface area (Å²) in [7, 11) is 0. The molecule has 0 saturated heterocycles. The predicted octanol–water partition coefficient (Wildman–Crippen LogP) is 3.23. The summed E-state index contributed by atoms with van der Waals surface area (Å²) >= 11 is 0. The van der Waals surface area contributed by atoms with Crippen molar-refractivity contribution in [2.45, 2.75) is 13.2 Å². The number of hydrogen-bond acceptors (Lipinski definition) is 4. The first-order valence-electron chi connectivity index (χ1n) is 9.12. The molecule has 0 aromatic heterocycles. The Hall–Kier alpha value is -3.77. The zero-order valence-electron chi connectivity index (χ0n) is 15.5. The van der Waals surface area contributed by atoms with Gasteiger partial charge in [-0.1, -0.05) is 36.4 Å². The Morgan fingerprint density at radius 3 is 2.17 bits per heavy atom. The number of rotatable bonds is 5. The highest BCUT2D eigenvalue weighted by Crippen LogP contribution is 2.24. The van der Waals surface area contributed by atoms with Crippen molar-refractivity contribution in [2.24, 2.45) is 0 Å². The van der Waals surface area contributed by atoms with E-state index >= 15 is 0 Å². The molecule has 3 aromatic carbocycles. The topological polar surface area (TPSA) is 86.7 Å². The SMILES string of the molecule is O=C(Nc1cccc(CO)c1)c1cccc(CN2C(=O)c3ccccc3C2=O)c1. The standard InChI is InChI=1S/C23H18N2O4/c26-14-16-6-4-8-18(12-16)24-21(27)17-7-3-5-15(11-17)13-25-22(28)19-9-1-2-10-20(19)23(25)29/h1-12,26H,13-14H2,(H,24,27). The molecule has 6 heteroatoms. The van der Waals surface area contributed by atoms with Crippen LogP contribution in [0.4, 0.5) is 5.69 Å². The lowest BCUT2D eigenvalue weighted by atomic mass is 10.1. The molecule has 3 aromatic rings. The van der Waals surface area contributed by atoms with Crippen LogP contribution in [0, 0.1) is 0 Å². The Kier molecular flexibility index (Phi) is 4.93. The smallest absolute Gasteiger partial charge is 0.261 e. The molecule has 144 valence electrons. The van der Waals surface area contributed by atoms with E-state index in [-0.39, 0.29) is 30.9 Å². The van der Waals surface area contributed by atoms with Gasteiger partial charge in [0.05, 0.1) is 24.3 Å². The minimum atomic E-state index is -0.332. The molecule has 0 saturated carbocycles. The molecule has 0 radical (unpaired) electrons. The monoisotopic (exact) mass is 386 g/mol. The number of nitrogens with zero attached hydrogens (tertiary/aromatic N) is 1. The maximum absolute atomic E-state index is 12.6. The maximum Gasteiger partial charge on any atom is 0.261 e. The second kappa shape index (κ2) is 7.69. The van der Waals surface area contributed by atoms with Gasteiger partial charge in [0, 0.05) is 11.3 Å². The number of carbonyl (C=O) groups is 3. The van der Waals surface area contributed by atoms with Crippen molar-refractivity contribution in [3.63, 3.8) is 0 Å². The van der Waals surface area contributed by atoms with E-state index < -0.39 is 0 Å². The molecule has 0 aliphatic carbocycles. The van der Waals surface area contributed by atoms with E-state index in [1.165, 1.54) is 4.90 Å². The summed E-state index contributed by atoms with van der Waals surface area (Å²) in [5.74, 6) is -0.980. The van der Waals surface area contributed by atoms with E-state index in [0.717, 1.165) is 0 Å². The van der Waals surface area contributed by atoms with Gasteiger partial charge in [-0.3, -0.25) is 19.3 Å². The van der Waals surface area contributed by atoms with Gasteiger partial charge in [0.2, 0.25) is 0 Å². The first kappa shape index (κ1) is 18.6. The molecule has 0 bridgehead atoms.